The molecular formula is C62H90O2. The van der Waals surface area contributed by atoms with Crippen molar-refractivity contribution in [2.45, 2.75) is 245 Å². The predicted octanol–water partition coefficient (Wildman–Crippen LogP) is 18.3. The van der Waals surface area contributed by atoms with Crippen LogP contribution in [0.4, 0.5) is 0 Å². The van der Waals surface area contributed by atoms with Crippen LogP contribution in [0.25, 0.3) is 21.5 Å². The fraction of sp³-hybridized carbons (Fsp3) is 0.645. The van der Waals surface area contributed by atoms with Crippen LogP contribution in [0.3, 0.4) is 0 Å². The smallest absolute Gasteiger partial charge is 0.0722 e. The Kier molecular flexibility index (Phi) is 34.9. The summed E-state index contributed by atoms with van der Waals surface area (Å²) in [6.07, 6.45) is 41.8. The van der Waals surface area contributed by atoms with Gasteiger partial charge in [0.15, 0.2) is 0 Å². The molecule has 350 valence electrons. The minimum atomic E-state index is 0.660. The van der Waals surface area contributed by atoms with Crippen molar-refractivity contribution >= 4 is 21.5 Å². The Morgan fingerprint density at radius 2 is 0.594 bits per heavy atom. The Bertz CT molecular complexity index is 1720. The monoisotopic (exact) mass is 867 g/mol. The average Bonchev–Trinajstić information content (AvgIpc) is 3.31. The Balaban J connectivity index is 1.17. The second-order valence-electron chi connectivity index (χ2n) is 18.1. The fourth-order valence-electron chi connectivity index (χ4n) is 8.34. The van der Waals surface area contributed by atoms with E-state index >= 15 is 0 Å². The molecule has 0 aliphatic heterocycles. The molecule has 0 N–H and O–H groups in total. The first-order valence-corrected chi connectivity index (χ1v) is 26.7. The second-order valence-corrected chi connectivity index (χ2v) is 18.1. The summed E-state index contributed by atoms with van der Waals surface area (Å²) < 4.78 is 12.4. The van der Waals surface area contributed by atoms with Gasteiger partial charge in [-0.2, -0.15) is 0 Å². The summed E-state index contributed by atoms with van der Waals surface area (Å²) in [4.78, 5) is 0. The van der Waals surface area contributed by atoms with Crippen LogP contribution in [0.15, 0.2) is 48.5 Å². The molecule has 3 aromatic rings. The van der Waals surface area contributed by atoms with Gasteiger partial charge in [-0.15, -0.1) is 47.4 Å². The average molecular weight is 867 g/mol. The number of fused-ring (bicyclic) bond motifs is 2. The second kappa shape index (κ2) is 40.8. The van der Waals surface area contributed by atoms with Gasteiger partial charge in [0.1, 0.15) is 0 Å². The van der Waals surface area contributed by atoms with Crippen LogP contribution in [0.2, 0.25) is 0 Å². The number of hydrogen-bond donors (Lipinski definition) is 0. The van der Waals surface area contributed by atoms with Gasteiger partial charge in [0.25, 0.3) is 0 Å². The molecule has 0 bridgehead atoms. The molecule has 0 spiro atoms. The molecule has 64 heavy (non-hydrogen) atoms. The van der Waals surface area contributed by atoms with E-state index in [2.05, 4.69) is 110 Å². The molecule has 2 nitrogen and oxygen atoms in total. The first-order chi connectivity index (χ1) is 31.8. The van der Waals surface area contributed by atoms with Crippen molar-refractivity contribution in [2.24, 2.45) is 0 Å². The van der Waals surface area contributed by atoms with Gasteiger partial charge in [-0.1, -0.05) is 179 Å². The molecule has 0 radical (unpaired) electrons. The molecule has 0 fully saturated rings. The van der Waals surface area contributed by atoms with Gasteiger partial charge >= 0.3 is 0 Å². The lowest BCUT2D eigenvalue weighted by atomic mass is 9.97. The van der Waals surface area contributed by atoms with Crippen LogP contribution in [0.5, 0.6) is 0 Å². The summed E-state index contributed by atoms with van der Waals surface area (Å²) in [6.45, 7) is 7.51. The van der Waals surface area contributed by atoms with Crippen molar-refractivity contribution in [3.63, 3.8) is 0 Å². The van der Waals surface area contributed by atoms with Crippen LogP contribution in [-0.4, -0.2) is 13.2 Å². The van der Waals surface area contributed by atoms with Gasteiger partial charge < -0.3 is 9.47 Å². The highest BCUT2D eigenvalue weighted by atomic mass is 16.5. The van der Waals surface area contributed by atoms with Crippen molar-refractivity contribution in [1.82, 2.24) is 0 Å². The number of ether oxygens (including phenoxy) is 2. The van der Waals surface area contributed by atoms with E-state index in [1.807, 2.05) is 0 Å². The molecule has 0 aromatic heterocycles. The van der Waals surface area contributed by atoms with Gasteiger partial charge in [0.05, 0.1) is 13.2 Å². The van der Waals surface area contributed by atoms with Gasteiger partial charge in [-0.3, -0.25) is 0 Å². The molecule has 0 amide bonds. The number of unbranched alkanes of at least 4 members (excludes halogenated alkanes) is 28. The van der Waals surface area contributed by atoms with Crippen molar-refractivity contribution in [2.75, 3.05) is 13.2 Å². The third kappa shape index (κ3) is 28.3. The quantitative estimate of drug-likeness (QED) is 0.0329. The first kappa shape index (κ1) is 54.7. The summed E-state index contributed by atoms with van der Waals surface area (Å²) in [5.74, 6) is 26.7. The first-order valence-electron chi connectivity index (χ1n) is 26.7. The van der Waals surface area contributed by atoms with Gasteiger partial charge in [0.2, 0.25) is 0 Å². The van der Waals surface area contributed by atoms with Gasteiger partial charge in [-0.05, 0) is 83.3 Å². The van der Waals surface area contributed by atoms with Crippen molar-refractivity contribution in [1.29, 1.82) is 0 Å². The van der Waals surface area contributed by atoms with E-state index in [4.69, 9.17) is 9.47 Å². The van der Waals surface area contributed by atoms with E-state index in [0.717, 1.165) is 77.4 Å². The molecule has 0 unspecified atom stereocenters. The molecular weight excluding hydrogens is 777 g/mol. The zero-order chi connectivity index (χ0) is 45.1. The highest BCUT2D eigenvalue weighted by molar-refractivity contribution is 6.00. The normalized spacial score (nSPS) is 10.8. The molecule has 0 saturated heterocycles. The zero-order valence-corrected chi connectivity index (χ0v) is 41.3. The molecule has 0 aliphatic rings. The van der Waals surface area contributed by atoms with Crippen molar-refractivity contribution in [3.05, 3.63) is 59.7 Å². The number of rotatable bonds is 36. The number of hydrogen-bond acceptors (Lipinski definition) is 2. The zero-order valence-electron chi connectivity index (χ0n) is 41.3. The van der Waals surface area contributed by atoms with E-state index in [0.29, 0.717) is 13.2 Å². The van der Waals surface area contributed by atoms with Crippen LogP contribution in [0.1, 0.15) is 243 Å². The lowest BCUT2D eigenvalue weighted by Crippen LogP contribution is -1.98. The lowest BCUT2D eigenvalue weighted by molar-refractivity contribution is 0.117. The molecule has 0 atom stereocenters. The SMILES string of the molecule is CCCCCCCCCCC#CCCC#CCCCCCCCOCc1cccc2cc3c(COCCCCCCCC#CCCC#CCCCCCCCCCC)cccc3cc12. The summed E-state index contributed by atoms with van der Waals surface area (Å²) in [5, 5.41) is 5.13. The van der Waals surface area contributed by atoms with E-state index in [9.17, 15) is 0 Å². The molecule has 2 heteroatoms. The fourth-order valence-corrected chi connectivity index (χ4v) is 8.34. The highest BCUT2D eigenvalue weighted by Crippen LogP contribution is 2.29. The van der Waals surface area contributed by atoms with Crippen molar-refractivity contribution in [3.8, 4) is 47.4 Å². The van der Waals surface area contributed by atoms with Crippen LogP contribution in [0, 0.1) is 47.4 Å². The summed E-state index contributed by atoms with van der Waals surface area (Å²) in [7, 11) is 0. The van der Waals surface area contributed by atoms with Gasteiger partial charge in [0, 0.05) is 64.6 Å². The lowest BCUT2D eigenvalue weighted by Gasteiger charge is -2.12. The minimum absolute atomic E-state index is 0.660. The molecule has 0 saturated carbocycles. The Morgan fingerprint density at radius 3 is 0.922 bits per heavy atom. The maximum absolute atomic E-state index is 6.20. The molecule has 0 heterocycles. The largest absolute Gasteiger partial charge is 0.377 e. The standard InChI is InChI=1S/C62H90O2/c1-3-5-7-9-11-13-15-17-19-21-23-25-27-29-31-33-35-37-39-41-43-51-63-55-59-49-45-47-57-54-62-58(53-61(57)59)48-46-50-60(62)56-64-52-44-42-40-38-36-34-32-30-28-26-24-22-20-18-16-14-12-10-8-6-4-2/h45-50,53-54H,3-20,25-28,33-44,51-52,55-56H2,1-2H3. The maximum Gasteiger partial charge on any atom is 0.0722 e. The Morgan fingerprint density at radius 1 is 0.312 bits per heavy atom. The van der Waals surface area contributed by atoms with Crippen molar-refractivity contribution < 1.29 is 9.47 Å². The van der Waals surface area contributed by atoms with E-state index in [1.54, 1.807) is 0 Å². The predicted molar refractivity (Wildman–Crippen MR) is 280 cm³/mol. The van der Waals surface area contributed by atoms with Gasteiger partial charge in [-0.25, -0.2) is 0 Å². The molecule has 3 rings (SSSR count). The maximum atomic E-state index is 6.20. The van der Waals surface area contributed by atoms with E-state index < -0.39 is 0 Å². The minimum Gasteiger partial charge on any atom is -0.377 e. The summed E-state index contributed by atoms with van der Waals surface area (Å²) in [6, 6.07) is 17.9. The topological polar surface area (TPSA) is 18.5 Å². The summed E-state index contributed by atoms with van der Waals surface area (Å²) >= 11 is 0. The van der Waals surface area contributed by atoms with Crippen LogP contribution >= 0.6 is 0 Å². The third-order valence-corrected chi connectivity index (χ3v) is 12.3. The third-order valence-electron chi connectivity index (χ3n) is 12.3. The van der Waals surface area contributed by atoms with E-state index in [-0.39, 0.29) is 0 Å². The van der Waals surface area contributed by atoms with Crippen LogP contribution < -0.4 is 0 Å². The molecule has 0 aliphatic carbocycles. The van der Waals surface area contributed by atoms with Crippen LogP contribution in [-0.2, 0) is 22.7 Å². The molecule has 3 aromatic carbocycles. The number of benzene rings is 3. The highest BCUT2D eigenvalue weighted by Gasteiger charge is 2.07. The Hall–Kier alpha value is -3.66. The summed E-state index contributed by atoms with van der Waals surface area (Å²) in [5.41, 5.74) is 2.54. The van der Waals surface area contributed by atoms with E-state index in [1.165, 1.54) is 187 Å². The Labute approximate surface area is 395 Å².